The Morgan fingerprint density at radius 2 is 2.00 bits per heavy atom. The fourth-order valence-corrected chi connectivity index (χ4v) is 2.65. The van der Waals surface area contributed by atoms with Gasteiger partial charge in [0.15, 0.2) is 0 Å². The van der Waals surface area contributed by atoms with Gasteiger partial charge >= 0.3 is 0 Å². The van der Waals surface area contributed by atoms with Crippen molar-refractivity contribution in [2.24, 2.45) is 5.73 Å². The van der Waals surface area contributed by atoms with Crippen LogP contribution in [0.3, 0.4) is 0 Å². The number of aromatic amines is 1. The summed E-state index contributed by atoms with van der Waals surface area (Å²) in [7, 11) is 0. The molecule has 0 amide bonds. The molecule has 1 aliphatic carbocycles. The van der Waals surface area contributed by atoms with Crippen molar-refractivity contribution in [3.8, 4) is 5.75 Å². The van der Waals surface area contributed by atoms with Gasteiger partial charge in [-0.3, -0.25) is 5.10 Å². The fraction of sp³-hybridized carbons (Fsp3) is 0.500. The van der Waals surface area contributed by atoms with E-state index in [0.29, 0.717) is 12.1 Å². The molecule has 2 aromatic rings. The van der Waals surface area contributed by atoms with Gasteiger partial charge < -0.3 is 10.5 Å². The van der Waals surface area contributed by atoms with E-state index >= 15 is 0 Å². The number of hydrogen-bond acceptors (Lipinski definition) is 3. The predicted molar refractivity (Wildman–Crippen MR) is 78.9 cm³/mol. The molecule has 0 atom stereocenters. The van der Waals surface area contributed by atoms with Crippen molar-refractivity contribution >= 4 is 23.3 Å². The minimum Gasteiger partial charge on any atom is -0.490 e. The molecular weight excluding hydrogens is 262 g/mol. The average molecular weight is 282 g/mol. The molecule has 1 aliphatic rings. The van der Waals surface area contributed by atoms with Crippen LogP contribution in [0.2, 0.25) is 0 Å². The number of nitrogens with one attached hydrogen (secondary N) is 1. The second-order valence-corrected chi connectivity index (χ2v) is 5.17. The smallest absolute Gasteiger partial charge is 0.123 e. The molecule has 0 radical (unpaired) electrons. The van der Waals surface area contributed by atoms with Gasteiger partial charge in [0.1, 0.15) is 5.75 Å². The van der Waals surface area contributed by atoms with Gasteiger partial charge in [0.2, 0.25) is 0 Å². The number of hydrogen-bond donors (Lipinski definition) is 2. The van der Waals surface area contributed by atoms with Crippen molar-refractivity contribution in [3.63, 3.8) is 0 Å². The van der Waals surface area contributed by atoms with Gasteiger partial charge in [-0.1, -0.05) is 0 Å². The van der Waals surface area contributed by atoms with Crippen molar-refractivity contribution in [3.05, 3.63) is 23.9 Å². The fourth-order valence-electron chi connectivity index (χ4n) is 2.65. The maximum absolute atomic E-state index is 6.11. The number of H-pyrrole nitrogens is 1. The lowest BCUT2D eigenvalue weighted by Gasteiger charge is -2.27. The second-order valence-electron chi connectivity index (χ2n) is 5.17. The number of nitrogens with zero attached hydrogens (tertiary/aromatic N) is 1. The van der Waals surface area contributed by atoms with Crippen molar-refractivity contribution in [1.82, 2.24) is 10.2 Å². The number of ether oxygens (including phenoxy) is 1. The molecule has 1 aromatic heterocycles. The predicted octanol–water partition coefficient (Wildman–Crippen LogP) is 2.94. The summed E-state index contributed by atoms with van der Waals surface area (Å²) in [5.41, 5.74) is 8.14. The van der Waals surface area contributed by atoms with Gasteiger partial charge in [-0.15, -0.1) is 12.4 Å². The van der Waals surface area contributed by atoms with E-state index in [1.165, 1.54) is 0 Å². The van der Waals surface area contributed by atoms with Gasteiger partial charge in [0, 0.05) is 17.0 Å². The summed E-state index contributed by atoms with van der Waals surface area (Å²) in [5, 5.41) is 8.18. The van der Waals surface area contributed by atoms with Crippen LogP contribution < -0.4 is 10.5 Å². The minimum absolute atomic E-state index is 0. The molecule has 19 heavy (non-hydrogen) atoms. The molecular formula is C14H20ClN3O. The Bertz CT molecular complexity index is 547. The lowest BCUT2D eigenvalue weighted by atomic mass is 9.93. The van der Waals surface area contributed by atoms with Crippen LogP contribution in [0.25, 0.3) is 10.9 Å². The van der Waals surface area contributed by atoms with E-state index in [4.69, 9.17) is 10.5 Å². The molecule has 3 N–H and O–H groups in total. The van der Waals surface area contributed by atoms with Crippen molar-refractivity contribution in [2.75, 3.05) is 0 Å². The van der Waals surface area contributed by atoms with Gasteiger partial charge in [-0.2, -0.15) is 5.10 Å². The highest BCUT2D eigenvalue weighted by molar-refractivity contribution is 5.85. The molecule has 4 nitrogen and oxygen atoms in total. The molecule has 104 valence electrons. The maximum atomic E-state index is 6.11. The first-order valence-electron chi connectivity index (χ1n) is 6.59. The first-order chi connectivity index (χ1) is 8.74. The average Bonchev–Trinajstić information content (AvgIpc) is 2.84. The van der Waals surface area contributed by atoms with Crippen LogP contribution in [0.5, 0.6) is 5.75 Å². The van der Waals surface area contributed by atoms with Gasteiger partial charge in [0.25, 0.3) is 0 Å². The lowest BCUT2D eigenvalue weighted by Crippen LogP contribution is -2.31. The van der Waals surface area contributed by atoms with E-state index in [0.717, 1.165) is 47.9 Å². The van der Waals surface area contributed by atoms with Crippen LogP contribution in [0.1, 0.15) is 31.2 Å². The number of rotatable bonds is 2. The third-order valence-corrected chi connectivity index (χ3v) is 3.86. The normalized spacial score (nSPS) is 23.1. The van der Waals surface area contributed by atoms with E-state index in [1.54, 1.807) is 0 Å². The molecule has 0 aliphatic heterocycles. The van der Waals surface area contributed by atoms with Crippen molar-refractivity contribution in [2.45, 2.75) is 44.8 Å². The Hall–Kier alpha value is -1.26. The van der Waals surface area contributed by atoms with Crippen molar-refractivity contribution < 1.29 is 4.74 Å². The zero-order valence-corrected chi connectivity index (χ0v) is 11.9. The molecule has 1 aromatic carbocycles. The Labute approximate surface area is 119 Å². The van der Waals surface area contributed by atoms with Crippen LogP contribution >= 0.6 is 12.4 Å². The zero-order valence-electron chi connectivity index (χ0n) is 11.1. The van der Waals surface area contributed by atoms with Crippen LogP contribution in [0.4, 0.5) is 0 Å². The SMILES string of the molecule is Cc1c(O[C@H]2CC[C@@H](N)CC2)ccc2[nH]ncc12.Cl. The highest BCUT2D eigenvalue weighted by Crippen LogP contribution is 2.29. The van der Waals surface area contributed by atoms with Gasteiger partial charge in [0.05, 0.1) is 17.8 Å². The van der Waals surface area contributed by atoms with Crippen LogP contribution in [-0.2, 0) is 0 Å². The largest absolute Gasteiger partial charge is 0.490 e. The molecule has 1 fully saturated rings. The topological polar surface area (TPSA) is 63.9 Å². The summed E-state index contributed by atoms with van der Waals surface area (Å²) in [6, 6.07) is 4.42. The second kappa shape index (κ2) is 5.80. The highest BCUT2D eigenvalue weighted by Gasteiger charge is 2.20. The molecule has 0 unspecified atom stereocenters. The van der Waals surface area contributed by atoms with Crippen LogP contribution in [0, 0.1) is 6.92 Å². The van der Waals surface area contributed by atoms with E-state index in [9.17, 15) is 0 Å². The van der Waals surface area contributed by atoms with Gasteiger partial charge in [-0.25, -0.2) is 0 Å². The summed E-state index contributed by atoms with van der Waals surface area (Å²) in [4.78, 5) is 0. The third kappa shape index (κ3) is 2.85. The van der Waals surface area contributed by atoms with E-state index in [-0.39, 0.29) is 12.4 Å². The van der Waals surface area contributed by atoms with Crippen molar-refractivity contribution in [1.29, 1.82) is 0 Å². The zero-order chi connectivity index (χ0) is 12.5. The third-order valence-electron chi connectivity index (χ3n) is 3.86. The van der Waals surface area contributed by atoms with Gasteiger partial charge in [-0.05, 0) is 44.7 Å². The van der Waals surface area contributed by atoms with E-state index in [2.05, 4.69) is 17.1 Å². The number of nitrogens with two attached hydrogens (primary N) is 1. The molecule has 1 saturated carbocycles. The minimum atomic E-state index is 0. The maximum Gasteiger partial charge on any atom is 0.123 e. The molecule has 1 heterocycles. The molecule has 5 heteroatoms. The number of aryl methyl sites for hydroxylation is 1. The number of aromatic nitrogens is 2. The monoisotopic (exact) mass is 281 g/mol. The standard InChI is InChI=1S/C14H19N3O.ClH/c1-9-12-8-16-17-13(12)6-7-14(9)18-11-4-2-10(15)3-5-11;/h6-8,10-11H,2-5,15H2,1H3,(H,16,17);1H/t10-,11+;. The summed E-state index contributed by atoms with van der Waals surface area (Å²) in [5.74, 6) is 0.976. The first kappa shape index (κ1) is 14.2. The number of halogens is 1. The summed E-state index contributed by atoms with van der Waals surface area (Å²) >= 11 is 0. The highest BCUT2D eigenvalue weighted by atomic mass is 35.5. The van der Waals surface area contributed by atoms with E-state index < -0.39 is 0 Å². The molecule has 0 bridgehead atoms. The van der Waals surface area contributed by atoms with E-state index in [1.807, 2.05) is 18.3 Å². The molecule has 3 rings (SSSR count). The Kier molecular flexibility index (Phi) is 4.32. The molecule has 0 spiro atoms. The lowest BCUT2D eigenvalue weighted by molar-refractivity contribution is 0.146. The first-order valence-corrected chi connectivity index (χ1v) is 6.59. The molecule has 0 saturated heterocycles. The summed E-state index contributed by atoms with van der Waals surface area (Å²) in [6.45, 7) is 2.09. The number of benzene rings is 1. The number of fused-ring (bicyclic) bond motifs is 1. The summed E-state index contributed by atoms with van der Waals surface area (Å²) in [6.07, 6.45) is 6.42. The Morgan fingerprint density at radius 1 is 1.26 bits per heavy atom. The van der Waals surface area contributed by atoms with Crippen LogP contribution in [-0.4, -0.2) is 22.3 Å². The Morgan fingerprint density at radius 3 is 2.74 bits per heavy atom. The quantitative estimate of drug-likeness (QED) is 0.889. The Balaban J connectivity index is 0.00000133. The summed E-state index contributed by atoms with van der Waals surface area (Å²) < 4.78 is 6.11. The van der Waals surface area contributed by atoms with Crippen LogP contribution in [0.15, 0.2) is 18.3 Å².